The highest BCUT2D eigenvalue weighted by Gasteiger charge is 2.51. The van der Waals surface area contributed by atoms with Crippen LogP contribution in [0, 0.1) is 5.41 Å². The second-order valence-electron chi connectivity index (χ2n) is 9.43. The first kappa shape index (κ1) is 21.2. The monoisotopic (exact) mass is 438 g/mol. The van der Waals surface area contributed by atoms with Gasteiger partial charge >= 0.3 is 6.09 Å². The fourth-order valence-corrected chi connectivity index (χ4v) is 5.73. The van der Waals surface area contributed by atoms with Gasteiger partial charge in [-0.15, -0.1) is 0 Å². The maximum atomic E-state index is 11.9. The highest BCUT2D eigenvalue weighted by Crippen LogP contribution is 2.47. The van der Waals surface area contributed by atoms with Crippen LogP contribution in [0.15, 0.2) is 30.7 Å². The summed E-state index contributed by atoms with van der Waals surface area (Å²) in [7, 11) is 0. The van der Waals surface area contributed by atoms with Gasteiger partial charge in [-0.3, -0.25) is 9.58 Å². The number of aryl methyl sites for hydroxylation is 1. The summed E-state index contributed by atoms with van der Waals surface area (Å²) in [5, 5.41) is 4.45. The number of amides is 1. The molecular formula is C24H34N6O2. The molecule has 1 atom stereocenters. The van der Waals surface area contributed by atoms with Crippen molar-refractivity contribution in [2.24, 2.45) is 5.41 Å². The van der Waals surface area contributed by atoms with Crippen LogP contribution in [0.3, 0.4) is 0 Å². The summed E-state index contributed by atoms with van der Waals surface area (Å²) in [6, 6.07) is 4.79. The fraction of sp³-hybridized carbons (Fsp3) is 0.625. The van der Waals surface area contributed by atoms with Gasteiger partial charge in [-0.05, 0) is 45.2 Å². The zero-order chi connectivity index (χ0) is 22.1. The third-order valence-corrected chi connectivity index (χ3v) is 7.44. The molecule has 2 aromatic rings. The van der Waals surface area contributed by atoms with Gasteiger partial charge < -0.3 is 14.5 Å². The standard InChI is InChI=1S/C24H34N6O2/c1-3-30-16-19(15-26-30)21-6-5-9-25-22(21)28-12-10-27(11-13-28)20-7-8-24(14-20)17-29(18-24)23(31)32-4-2/h5-6,9,15-16,20H,3-4,7-8,10-14,17-18H2,1-2H3/t20-/m1/s1. The smallest absolute Gasteiger partial charge is 0.409 e. The van der Waals surface area contributed by atoms with Crippen molar-refractivity contribution in [2.45, 2.75) is 45.7 Å². The lowest BCUT2D eigenvalue weighted by Crippen LogP contribution is -2.58. The topological polar surface area (TPSA) is 66.7 Å². The van der Waals surface area contributed by atoms with Crippen LogP contribution >= 0.6 is 0 Å². The highest BCUT2D eigenvalue weighted by atomic mass is 16.6. The van der Waals surface area contributed by atoms with Gasteiger partial charge in [-0.1, -0.05) is 0 Å². The number of anilines is 1. The summed E-state index contributed by atoms with van der Waals surface area (Å²) in [6.07, 6.45) is 9.45. The summed E-state index contributed by atoms with van der Waals surface area (Å²) in [6.45, 7) is 11.1. The van der Waals surface area contributed by atoms with E-state index in [1.165, 1.54) is 19.3 Å². The summed E-state index contributed by atoms with van der Waals surface area (Å²) in [5.41, 5.74) is 2.61. The van der Waals surface area contributed by atoms with Gasteiger partial charge in [-0.2, -0.15) is 5.10 Å². The van der Waals surface area contributed by atoms with Crippen LogP contribution in [0.4, 0.5) is 10.6 Å². The van der Waals surface area contributed by atoms with E-state index in [-0.39, 0.29) is 6.09 Å². The Kier molecular flexibility index (Phi) is 5.80. The van der Waals surface area contributed by atoms with Crippen molar-refractivity contribution < 1.29 is 9.53 Å². The molecule has 0 unspecified atom stereocenters. The highest BCUT2D eigenvalue weighted by molar-refractivity contribution is 5.75. The summed E-state index contributed by atoms with van der Waals surface area (Å²) >= 11 is 0. The molecule has 2 aliphatic heterocycles. The molecule has 4 heterocycles. The van der Waals surface area contributed by atoms with Gasteiger partial charge in [0.25, 0.3) is 0 Å². The number of carbonyl (C=O) groups excluding carboxylic acids is 1. The van der Waals surface area contributed by atoms with Crippen LogP contribution < -0.4 is 4.90 Å². The average Bonchev–Trinajstić information content (AvgIpc) is 3.46. The maximum absolute atomic E-state index is 11.9. The molecule has 1 amide bonds. The minimum Gasteiger partial charge on any atom is -0.450 e. The Labute approximate surface area is 190 Å². The van der Waals surface area contributed by atoms with Crippen molar-refractivity contribution in [3.63, 3.8) is 0 Å². The Balaban J connectivity index is 1.18. The number of likely N-dealkylation sites (tertiary alicyclic amines) is 1. The summed E-state index contributed by atoms with van der Waals surface area (Å²) < 4.78 is 7.12. The first-order valence-corrected chi connectivity index (χ1v) is 12.0. The molecule has 0 bridgehead atoms. The zero-order valence-corrected chi connectivity index (χ0v) is 19.2. The first-order valence-electron chi connectivity index (χ1n) is 12.0. The van der Waals surface area contributed by atoms with Gasteiger partial charge in [0.2, 0.25) is 0 Å². The maximum Gasteiger partial charge on any atom is 0.409 e. The number of carbonyl (C=O) groups is 1. The molecule has 3 fully saturated rings. The molecule has 0 aromatic carbocycles. The molecule has 1 spiro atoms. The molecule has 32 heavy (non-hydrogen) atoms. The van der Waals surface area contributed by atoms with Gasteiger partial charge in [0.05, 0.1) is 12.8 Å². The molecule has 1 aliphatic carbocycles. The SMILES string of the molecule is CCOC(=O)N1CC2(CC[C@@H](N3CCN(c4ncccc4-c4cnn(CC)c4)CC3)C2)C1. The van der Waals surface area contributed by atoms with Crippen molar-refractivity contribution in [1.29, 1.82) is 0 Å². The molecule has 2 saturated heterocycles. The van der Waals surface area contributed by atoms with Crippen molar-refractivity contribution in [1.82, 2.24) is 24.6 Å². The molecule has 0 N–H and O–H groups in total. The fourth-order valence-electron chi connectivity index (χ4n) is 5.73. The number of piperazine rings is 1. The minimum absolute atomic E-state index is 0.147. The molecule has 3 aliphatic rings. The summed E-state index contributed by atoms with van der Waals surface area (Å²) in [4.78, 5) is 23.6. The molecule has 8 heteroatoms. The van der Waals surface area contributed by atoms with Crippen LogP contribution in [0.1, 0.15) is 33.1 Å². The molecule has 5 rings (SSSR count). The summed E-state index contributed by atoms with van der Waals surface area (Å²) in [5.74, 6) is 1.06. The van der Waals surface area contributed by atoms with Crippen LogP contribution in [-0.4, -0.2) is 82.6 Å². The Hall–Kier alpha value is -2.61. The molecule has 1 saturated carbocycles. The number of ether oxygens (including phenoxy) is 1. The first-order chi connectivity index (χ1) is 15.6. The Morgan fingerprint density at radius 2 is 2.03 bits per heavy atom. The number of aromatic nitrogens is 3. The van der Waals surface area contributed by atoms with Gasteiger partial charge in [0.15, 0.2) is 0 Å². The third-order valence-electron chi connectivity index (χ3n) is 7.44. The van der Waals surface area contributed by atoms with Crippen molar-refractivity contribution in [2.75, 3.05) is 50.8 Å². The Morgan fingerprint density at radius 3 is 2.75 bits per heavy atom. The van der Waals surface area contributed by atoms with Crippen molar-refractivity contribution >= 4 is 11.9 Å². The lowest BCUT2D eigenvalue weighted by molar-refractivity contribution is -0.00294. The predicted octanol–water partition coefficient (Wildman–Crippen LogP) is 3.10. The van der Waals surface area contributed by atoms with E-state index in [1.807, 2.05) is 35.0 Å². The molecular weight excluding hydrogens is 404 g/mol. The van der Waals surface area contributed by atoms with Crippen LogP contribution in [0.5, 0.6) is 0 Å². The normalized spacial score (nSPS) is 22.9. The average molecular weight is 439 g/mol. The van der Waals surface area contributed by atoms with Crippen LogP contribution in [0.2, 0.25) is 0 Å². The van der Waals surface area contributed by atoms with Crippen LogP contribution in [0.25, 0.3) is 11.1 Å². The molecule has 0 radical (unpaired) electrons. The molecule has 2 aromatic heterocycles. The van der Waals surface area contributed by atoms with Gasteiger partial charge in [-0.25, -0.2) is 9.78 Å². The molecule has 172 valence electrons. The Morgan fingerprint density at radius 1 is 1.22 bits per heavy atom. The van der Waals surface area contributed by atoms with Gasteiger partial charge in [0.1, 0.15) is 5.82 Å². The van der Waals surface area contributed by atoms with E-state index in [2.05, 4.69) is 34.1 Å². The lowest BCUT2D eigenvalue weighted by Gasteiger charge is -2.48. The zero-order valence-electron chi connectivity index (χ0n) is 19.2. The van der Waals surface area contributed by atoms with E-state index >= 15 is 0 Å². The minimum atomic E-state index is -0.147. The number of pyridine rings is 1. The van der Waals surface area contributed by atoms with E-state index in [0.29, 0.717) is 18.1 Å². The van der Waals surface area contributed by atoms with E-state index in [9.17, 15) is 4.79 Å². The second-order valence-corrected chi connectivity index (χ2v) is 9.43. The van der Waals surface area contributed by atoms with Gasteiger partial charge in [0, 0.05) is 80.8 Å². The second kappa shape index (κ2) is 8.73. The lowest BCUT2D eigenvalue weighted by atomic mass is 9.78. The van der Waals surface area contributed by atoms with E-state index in [4.69, 9.17) is 9.72 Å². The quantitative estimate of drug-likeness (QED) is 0.715. The number of hydrogen-bond acceptors (Lipinski definition) is 6. The Bertz CT molecular complexity index is 945. The van der Waals surface area contributed by atoms with Crippen molar-refractivity contribution in [3.8, 4) is 11.1 Å². The predicted molar refractivity (Wildman–Crippen MR) is 124 cm³/mol. The molecule has 8 nitrogen and oxygen atoms in total. The number of nitrogens with zero attached hydrogens (tertiary/aromatic N) is 6. The largest absolute Gasteiger partial charge is 0.450 e. The van der Waals surface area contributed by atoms with E-state index in [1.54, 1.807) is 0 Å². The van der Waals surface area contributed by atoms with Crippen LogP contribution in [-0.2, 0) is 11.3 Å². The van der Waals surface area contributed by atoms with Crippen molar-refractivity contribution in [3.05, 3.63) is 30.7 Å². The van der Waals surface area contributed by atoms with E-state index in [0.717, 1.165) is 62.8 Å². The van der Waals surface area contributed by atoms with E-state index < -0.39 is 0 Å². The number of rotatable bonds is 5. The third kappa shape index (κ3) is 3.96. The number of hydrogen-bond donors (Lipinski definition) is 0.